The molecule has 2 aliphatic rings. The van der Waals surface area contributed by atoms with E-state index in [4.69, 9.17) is 5.73 Å². The summed E-state index contributed by atoms with van der Waals surface area (Å²) < 4.78 is 14.0. The molecule has 124 valence electrons. The number of nitrogens with zero attached hydrogens (tertiary/aromatic N) is 1. The van der Waals surface area contributed by atoms with Crippen LogP contribution in [0.5, 0.6) is 0 Å². The Morgan fingerprint density at radius 2 is 2.13 bits per heavy atom. The van der Waals surface area contributed by atoms with Crippen LogP contribution in [-0.2, 0) is 0 Å². The summed E-state index contributed by atoms with van der Waals surface area (Å²) in [4.78, 5) is 25.6. The molecule has 0 bridgehead atoms. The van der Waals surface area contributed by atoms with E-state index in [2.05, 4.69) is 10.6 Å². The van der Waals surface area contributed by atoms with E-state index in [1.54, 1.807) is 0 Å². The number of carbonyl (C=O) groups excluding carboxylic acids is 2. The summed E-state index contributed by atoms with van der Waals surface area (Å²) in [5.41, 5.74) is 6.48. The van der Waals surface area contributed by atoms with Gasteiger partial charge in [-0.15, -0.1) is 0 Å². The van der Waals surface area contributed by atoms with Gasteiger partial charge in [0.1, 0.15) is 5.82 Å². The Balaban J connectivity index is 1.78. The zero-order valence-corrected chi connectivity index (χ0v) is 12.8. The maximum absolute atomic E-state index is 14.0. The molecule has 1 saturated carbocycles. The van der Waals surface area contributed by atoms with Gasteiger partial charge in [0.2, 0.25) is 0 Å². The van der Waals surface area contributed by atoms with Crippen LogP contribution in [0.4, 0.5) is 14.9 Å². The van der Waals surface area contributed by atoms with Crippen molar-refractivity contribution in [2.75, 3.05) is 18.0 Å². The first-order valence-electron chi connectivity index (χ1n) is 7.97. The van der Waals surface area contributed by atoms with E-state index in [9.17, 15) is 14.0 Å². The highest BCUT2D eigenvalue weighted by molar-refractivity contribution is 5.98. The van der Waals surface area contributed by atoms with Crippen LogP contribution < -0.4 is 21.3 Å². The first-order chi connectivity index (χ1) is 11.1. The van der Waals surface area contributed by atoms with Crippen LogP contribution in [0.3, 0.4) is 0 Å². The number of hydrogen-bond donors (Lipinski definition) is 3. The summed E-state index contributed by atoms with van der Waals surface area (Å²) in [6.45, 7) is 1.04. The minimum atomic E-state index is -0.602. The minimum absolute atomic E-state index is 0.0556. The normalized spacial score (nSPS) is 24.4. The minimum Gasteiger partial charge on any atom is -0.348 e. The Labute approximate surface area is 134 Å². The molecule has 1 saturated heterocycles. The largest absolute Gasteiger partial charge is 0.348 e. The molecule has 2 fully saturated rings. The lowest BCUT2D eigenvalue weighted by molar-refractivity contribution is 0.0917. The fraction of sp³-hybridized carbons (Fsp3) is 0.500. The maximum Gasteiger partial charge on any atom is 0.321 e. The Morgan fingerprint density at radius 3 is 2.83 bits per heavy atom. The van der Waals surface area contributed by atoms with E-state index in [-0.39, 0.29) is 23.7 Å². The van der Waals surface area contributed by atoms with Gasteiger partial charge in [-0.1, -0.05) is 12.8 Å². The lowest BCUT2D eigenvalue weighted by Crippen LogP contribution is -2.49. The zero-order valence-electron chi connectivity index (χ0n) is 12.8. The number of urea groups is 1. The molecule has 0 radical (unpaired) electrons. The van der Waals surface area contributed by atoms with Crippen LogP contribution in [0.2, 0.25) is 0 Å². The van der Waals surface area contributed by atoms with Crippen molar-refractivity contribution in [1.29, 1.82) is 0 Å². The van der Waals surface area contributed by atoms with Crippen LogP contribution in [-0.4, -0.2) is 37.1 Å². The predicted octanol–water partition coefficient (Wildman–Crippen LogP) is 1.35. The summed E-state index contributed by atoms with van der Waals surface area (Å²) in [6.07, 6.45) is 3.74. The van der Waals surface area contributed by atoms with E-state index < -0.39 is 11.7 Å². The lowest BCUT2D eigenvalue weighted by atomic mass is 9.91. The van der Waals surface area contributed by atoms with E-state index in [1.807, 2.05) is 0 Å². The van der Waals surface area contributed by atoms with E-state index >= 15 is 0 Å². The van der Waals surface area contributed by atoms with Crippen molar-refractivity contribution >= 4 is 17.6 Å². The smallest absolute Gasteiger partial charge is 0.321 e. The number of amides is 3. The monoisotopic (exact) mass is 320 g/mol. The fourth-order valence-electron chi connectivity index (χ4n) is 3.16. The number of hydrogen-bond acceptors (Lipinski definition) is 3. The van der Waals surface area contributed by atoms with Gasteiger partial charge in [-0.2, -0.15) is 0 Å². The number of nitrogens with two attached hydrogens (primary N) is 1. The van der Waals surface area contributed by atoms with Crippen molar-refractivity contribution in [2.24, 2.45) is 5.73 Å². The van der Waals surface area contributed by atoms with Crippen LogP contribution in [0.1, 0.15) is 36.0 Å². The third-order valence-corrected chi connectivity index (χ3v) is 4.50. The maximum atomic E-state index is 14.0. The van der Waals surface area contributed by atoms with E-state index in [1.165, 1.54) is 23.1 Å². The van der Waals surface area contributed by atoms with Crippen molar-refractivity contribution < 1.29 is 14.0 Å². The second-order valence-electron chi connectivity index (χ2n) is 6.08. The van der Waals surface area contributed by atoms with Gasteiger partial charge in [-0.25, -0.2) is 9.18 Å². The molecular formula is C16H21FN4O2. The Hall–Kier alpha value is -2.15. The van der Waals surface area contributed by atoms with Crippen molar-refractivity contribution in [2.45, 2.75) is 37.8 Å². The highest BCUT2D eigenvalue weighted by Gasteiger charge is 2.26. The topological polar surface area (TPSA) is 87.5 Å². The summed E-state index contributed by atoms with van der Waals surface area (Å²) in [5.74, 6) is -1.08. The third-order valence-electron chi connectivity index (χ3n) is 4.50. The number of rotatable bonds is 3. The van der Waals surface area contributed by atoms with E-state index in [0.29, 0.717) is 18.8 Å². The van der Waals surface area contributed by atoms with Gasteiger partial charge in [0.05, 0.1) is 5.56 Å². The molecule has 0 aromatic heterocycles. The molecule has 3 rings (SSSR count). The summed E-state index contributed by atoms with van der Waals surface area (Å²) in [7, 11) is 0. The lowest BCUT2D eigenvalue weighted by Gasteiger charge is -2.29. The standard InChI is InChI=1S/C16H21FN4O2/c17-12-6-5-10(21-8-7-19-16(21)23)9-11(12)15(22)20-14-4-2-1-3-13(14)18/h5-6,9,13-14H,1-4,7-8,18H2,(H,19,23)(H,20,22)/t13-,14-/m1/s1. The number of benzene rings is 1. The SMILES string of the molecule is N[C@@H]1CCCC[C@H]1NC(=O)c1cc(N2CCNC2=O)ccc1F. The van der Waals surface area contributed by atoms with Crippen molar-refractivity contribution in [3.63, 3.8) is 0 Å². The number of halogens is 1. The average Bonchev–Trinajstić information content (AvgIpc) is 2.96. The zero-order chi connectivity index (χ0) is 16.4. The molecule has 0 unspecified atom stereocenters. The van der Waals surface area contributed by atoms with Gasteiger partial charge in [-0.05, 0) is 31.0 Å². The molecule has 23 heavy (non-hydrogen) atoms. The van der Waals surface area contributed by atoms with Gasteiger partial charge in [0.15, 0.2) is 0 Å². The van der Waals surface area contributed by atoms with Gasteiger partial charge in [-0.3, -0.25) is 9.69 Å². The fourth-order valence-corrected chi connectivity index (χ4v) is 3.16. The molecule has 1 aliphatic carbocycles. The third kappa shape index (κ3) is 3.29. The molecule has 1 heterocycles. The molecule has 3 amide bonds. The second kappa shape index (κ2) is 6.54. The van der Waals surface area contributed by atoms with Gasteiger partial charge in [0, 0.05) is 30.9 Å². The van der Waals surface area contributed by atoms with Gasteiger partial charge >= 0.3 is 6.03 Å². The van der Waals surface area contributed by atoms with Crippen LogP contribution >= 0.6 is 0 Å². The molecular weight excluding hydrogens is 299 g/mol. The number of carbonyl (C=O) groups is 2. The van der Waals surface area contributed by atoms with Crippen LogP contribution in [0.25, 0.3) is 0 Å². The highest BCUT2D eigenvalue weighted by atomic mass is 19.1. The quantitative estimate of drug-likeness (QED) is 0.786. The molecule has 1 aromatic rings. The van der Waals surface area contributed by atoms with Crippen molar-refractivity contribution in [3.05, 3.63) is 29.6 Å². The molecule has 4 N–H and O–H groups in total. The molecule has 1 aliphatic heterocycles. The number of nitrogens with one attached hydrogen (secondary N) is 2. The first kappa shape index (κ1) is 15.7. The Bertz CT molecular complexity index is 622. The molecule has 0 spiro atoms. The number of anilines is 1. The molecule has 2 atom stereocenters. The summed E-state index contributed by atoms with van der Waals surface area (Å²) >= 11 is 0. The van der Waals surface area contributed by atoms with Crippen molar-refractivity contribution in [1.82, 2.24) is 10.6 Å². The molecule has 6 nitrogen and oxygen atoms in total. The predicted molar refractivity (Wildman–Crippen MR) is 84.8 cm³/mol. The first-order valence-corrected chi connectivity index (χ1v) is 7.97. The summed E-state index contributed by atoms with van der Waals surface area (Å²) in [5, 5.41) is 5.51. The highest BCUT2D eigenvalue weighted by Crippen LogP contribution is 2.22. The summed E-state index contributed by atoms with van der Waals surface area (Å²) in [6, 6.07) is 3.68. The van der Waals surface area contributed by atoms with E-state index in [0.717, 1.165) is 25.7 Å². The Morgan fingerprint density at radius 1 is 1.35 bits per heavy atom. The second-order valence-corrected chi connectivity index (χ2v) is 6.08. The molecule has 1 aromatic carbocycles. The van der Waals surface area contributed by atoms with Gasteiger partial charge in [0.25, 0.3) is 5.91 Å². The average molecular weight is 320 g/mol. The van der Waals surface area contributed by atoms with Crippen LogP contribution in [0, 0.1) is 5.82 Å². The van der Waals surface area contributed by atoms with Gasteiger partial charge < -0.3 is 16.4 Å². The van der Waals surface area contributed by atoms with Crippen molar-refractivity contribution in [3.8, 4) is 0 Å². The van der Waals surface area contributed by atoms with Crippen LogP contribution in [0.15, 0.2) is 18.2 Å². The Kier molecular flexibility index (Phi) is 4.47. The molecule has 7 heteroatoms.